The van der Waals surface area contributed by atoms with Crippen molar-refractivity contribution in [2.75, 3.05) is 36.8 Å². The van der Waals surface area contributed by atoms with E-state index in [9.17, 15) is 4.79 Å². The molecule has 0 bridgehead atoms. The first kappa shape index (κ1) is 15.7. The molecule has 1 aromatic carbocycles. The number of ether oxygens (including phenoxy) is 1. The molecule has 0 spiro atoms. The summed E-state index contributed by atoms with van der Waals surface area (Å²) in [5.74, 6) is 0.625. The Morgan fingerprint density at radius 1 is 1.53 bits per heavy atom. The molecular formula is C14H22N2O2S. The van der Waals surface area contributed by atoms with Gasteiger partial charge in [-0.05, 0) is 24.8 Å². The number of nitrogen functional groups attached to an aromatic ring is 1. The summed E-state index contributed by atoms with van der Waals surface area (Å²) < 4.78 is 4.74. The molecule has 1 rings (SSSR count). The molecule has 0 aromatic heterocycles. The molecule has 0 amide bonds. The Morgan fingerprint density at radius 3 is 2.74 bits per heavy atom. The van der Waals surface area contributed by atoms with Crippen LogP contribution in [0.15, 0.2) is 18.2 Å². The second-order valence-electron chi connectivity index (χ2n) is 4.36. The zero-order valence-electron chi connectivity index (χ0n) is 12.0. The van der Waals surface area contributed by atoms with Gasteiger partial charge in [-0.25, -0.2) is 4.79 Å². The summed E-state index contributed by atoms with van der Waals surface area (Å²) in [6, 6.07) is 5.85. The molecule has 1 unspecified atom stereocenters. The van der Waals surface area contributed by atoms with Gasteiger partial charge in [0, 0.05) is 18.8 Å². The number of esters is 1. The number of methoxy groups -OCH3 is 1. The third-order valence-electron chi connectivity index (χ3n) is 3.25. The van der Waals surface area contributed by atoms with Crippen LogP contribution in [0.4, 0.5) is 11.4 Å². The molecule has 0 heterocycles. The lowest BCUT2D eigenvalue weighted by Crippen LogP contribution is -2.33. The summed E-state index contributed by atoms with van der Waals surface area (Å²) in [5, 5.41) is 0. The van der Waals surface area contributed by atoms with E-state index in [1.165, 1.54) is 7.11 Å². The van der Waals surface area contributed by atoms with Crippen molar-refractivity contribution in [1.82, 2.24) is 0 Å². The average molecular weight is 282 g/mol. The number of benzene rings is 1. The van der Waals surface area contributed by atoms with Crippen LogP contribution in [0.2, 0.25) is 0 Å². The van der Waals surface area contributed by atoms with Gasteiger partial charge >= 0.3 is 5.97 Å². The van der Waals surface area contributed by atoms with Crippen LogP contribution in [0, 0.1) is 0 Å². The summed E-state index contributed by atoms with van der Waals surface area (Å²) in [7, 11) is 3.37. The lowest BCUT2D eigenvalue weighted by atomic mass is 10.1. The Labute approximate surface area is 119 Å². The first-order valence-corrected chi connectivity index (χ1v) is 7.64. The first-order chi connectivity index (χ1) is 9.06. The number of carbonyl (C=O) groups is 1. The van der Waals surface area contributed by atoms with Gasteiger partial charge in [0.2, 0.25) is 0 Å². The maximum Gasteiger partial charge on any atom is 0.340 e. The molecule has 4 nitrogen and oxygen atoms in total. The van der Waals surface area contributed by atoms with Gasteiger partial charge in [0.25, 0.3) is 0 Å². The van der Waals surface area contributed by atoms with Crippen LogP contribution in [-0.2, 0) is 4.74 Å². The van der Waals surface area contributed by atoms with E-state index in [0.29, 0.717) is 17.3 Å². The standard InChI is InChI=1S/C14H22N2O2S/c1-5-10(9-19-4)16(2)12-8-6-7-11(13(12)15)14(17)18-3/h6-8,10H,5,9,15H2,1-4H3. The Balaban J connectivity index is 3.09. The Hall–Kier alpha value is -1.36. The molecule has 19 heavy (non-hydrogen) atoms. The van der Waals surface area contributed by atoms with Crippen LogP contribution >= 0.6 is 11.8 Å². The predicted molar refractivity (Wildman–Crippen MR) is 83.1 cm³/mol. The fraction of sp³-hybridized carbons (Fsp3) is 0.500. The summed E-state index contributed by atoms with van der Waals surface area (Å²) in [6.45, 7) is 2.15. The van der Waals surface area contributed by atoms with Crippen LogP contribution in [0.25, 0.3) is 0 Å². The van der Waals surface area contributed by atoms with E-state index >= 15 is 0 Å². The van der Waals surface area contributed by atoms with Gasteiger partial charge in [0.15, 0.2) is 0 Å². The van der Waals surface area contributed by atoms with Crippen molar-refractivity contribution in [3.8, 4) is 0 Å². The molecule has 0 aliphatic heterocycles. The lowest BCUT2D eigenvalue weighted by Gasteiger charge is -2.30. The van der Waals surface area contributed by atoms with Crippen molar-refractivity contribution in [3.63, 3.8) is 0 Å². The van der Waals surface area contributed by atoms with Gasteiger partial charge in [-0.1, -0.05) is 13.0 Å². The Kier molecular flexibility index (Phi) is 6.02. The maximum atomic E-state index is 11.6. The highest BCUT2D eigenvalue weighted by Gasteiger charge is 2.19. The van der Waals surface area contributed by atoms with Gasteiger partial charge < -0.3 is 15.4 Å². The highest BCUT2D eigenvalue weighted by molar-refractivity contribution is 7.98. The van der Waals surface area contributed by atoms with E-state index in [-0.39, 0.29) is 0 Å². The van der Waals surface area contributed by atoms with Gasteiger partial charge in [0.1, 0.15) is 0 Å². The van der Waals surface area contributed by atoms with Crippen molar-refractivity contribution in [3.05, 3.63) is 23.8 Å². The van der Waals surface area contributed by atoms with Crippen molar-refractivity contribution < 1.29 is 9.53 Å². The van der Waals surface area contributed by atoms with E-state index in [1.54, 1.807) is 17.8 Å². The van der Waals surface area contributed by atoms with E-state index < -0.39 is 5.97 Å². The predicted octanol–water partition coefficient (Wildman–Crippen LogP) is 2.63. The maximum absolute atomic E-state index is 11.6. The zero-order chi connectivity index (χ0) is 14.4. The molecule has 5 heteroatoms. The third kappa shape index (κ3) is 3.56. The molecule has 0 aliphatic carbocycles. The molecule has 0 saturated carbocycles. The molecule has 2 N–H and O–H groups in total. The summed E-state index contributed by atoms with van der Waals surface area (Å²) in [4.78, 5) is 13.8. The van der Waals surface area contributed by atoms with Crippen molar-refractivity contribution in [1.29, 1.82) is 0 Å². The molecule has 0 radical (unpaired) electrons. The van der Waals surface area contributed by atoms with Crippen LogP contribution in [0.5, 0.6) is 0 Å². The van der Waals surface area contributed by atoms with E-state index in [1.807, 2.05) is 19.2 Å². The Bertz CT molecular complexity index is 437. The number of anilines is 2. The summed E-state index contributed by atoms with van der Waals surface area (Å²) in [5.41, 5.74) is 7.88. The van der Waals surface area contributed by atoms with E-state index in [4.69, 9.17) is 10.5 Å². The van der Waals surface area contributed by atoms with Gasteiger partial charge in [-0.15, -0.1) is 0 Å². The normalized spacial score (nSPS) is 12.0. The highest BCUT2D eigenvalue weighted by Crippen LogP contribution is 2.29. The van der Waals surface area contributed by atoms with Gasteiger partial charge in [0.05, 0.1) is 24.0 Å². The number of hydrogen-bond donors (Lipinski definition) is 1. The lowest BCUT2D eigenvalue weighted by molar-refractivity contribution is 0.0602. The van der Waals surface area contributed by atoms with Crippen LogP contribution < -0.4 is 10.6 Å². The van der Waals surface area contributed by atoms with Crippen LogP contribution in [0.3, 0.4) is 0 Å². The van der Waals surface area contributed by atoms with Crippen LogP contribution in [-0.4, -0.2) is 38.2 Å². The topological polar surface area (TPSA) is 55.6 Å². The van der Waals surface area contributed by atoms with Gasteiger partial charge in [-0.2, -0.15) is 11.8 Å². The Morgan fingerprint density at radius 2 is 2.21 bits per heavy atom. The fourth-order valence-corrected chi connectivity index (χ4v) is 2.89. The number of hydrogen-bond acceptors (Lipinski definition) is 5. The number of nitrogens with zero attached hydrogens (tertiary/aromatic N) is 1. The van der Waals surface area contributed by atoms with Gasteiger partial charge in [-0.3, -0.25) is 0 Å². The molecule has 1 aromatic rings. The first-order valence-electron chi connectivity index (χ1n) is 6.25. The minimum atomic E-state index is -0.398. The largest absolute Gasteiger partial charge is 0.465 e. The fourth-order valence-electron chi connectivity index (χ4n) is 2.04. The molecular weight excluding hydrogens is 260 g/mol. The summed E-state index contributed by atoms with van der Waals surface area (Å²) in [6.07, 6.45) is 3.12. The molecule has 0 aliphatic rings. The smallest absolute Gasteiger partial charge is 0.340 e. The van der Waals surface area contributed by atoms with Crippen molar-refractivity contribution in [2.45, 2.75) is 19.4 Å². The number of nitrogens with two attached hydrogens (primary N) is 1. The highest BCUT2D eigenvalue weighted by atomic mass is 32.2. The second-order valence-corrected chi connectivity index (χ2v) is 5.27. The quantitative estimate of drug-likeness (QED) is 0.642. The van der Waals surface area contributed by atoms with Crippen LogP contribution in [0.1, 0.15) is 23.7 Å². The number of rotatable bonds is 6. The monoisotopic (exact) mass is 282 g/mol. The number of thioether (sulfide) groups is 1. The molecule has 0 fully saturated rings. The van der Waals surface area contributed by atoms with E-state index in [2.05, 4.69) is 18.1 Å². The molecule has 106 valence electrons. The zero-order valence-corrected chi connectivity index (χ0v) is 12.8. The molecule has 0 saturated heterocycles. The van der Waals surface area contributed by atoms with E-state index in [0.717, 1.165) is 17.9 Å². The summed E-state index contributed by atoms with van der Waals surface area (Å²) >= 11 is 1.80. The molecule has 1 atom stereocenters. The average Bonchev–Trinajstić information content (AvgIpc) is 2.43. The SMILES string of the molecule is CCC(CSC)N(C)c1cccc(C(=O)OC)c1N. The number of para-hydroxylation sites is 1. The third-order valence-corrected chi connectivity index (χ3v) is 3.96. The van der Waals surface area contributed by atoms with Crippen molar-refractivity contribution >= 4 is 29.1 Å². The minimum Gasteiger partial charge on any atom is -0.465 e. The minimum absolute atomic E-state index is 0.394. The van der Waals surface area contributed by atoms with Crippen molar-refractivity contribution in [2.24, 2.45) is 0 Å². The second kappa shape index (κ2) is 7.28. The number of carbonyl (C=O) groups excluding carboxylic acids is 1.